The molecule has 1 N–H and O–H groups in total. The summed E-state index contributed by atoms with van der Waals surface area (Å²) in [5.41, 5.74) is 3.94. The number of hydrogen-bond acceptors (Lipinski definition) is 3. The van der Waals surface area contributed by atoms with Crippen LogP contribution in [-0.4, -0.2) is 13.2 Å². The third kappa shape index (κ3) is 3.66. The van der Waals surface area contributed by atoms with Gasteiger partial charge in [0, 0.05) is 10.4 Å². The molecule has 1 heterocycles. The first-order valence-electron chi connectivity index (χ1n) is 7.74. The molecule has 2 rings (SSSR count). The average molecular weight is 303 g/mol. The van der Waals surface area contributed by atoms with E-state index in [1.54, 1.807) is 0 Å². The molecule has 114 valence electrons. The van der Waals surface area contributed by atoms with E-state index in [0.717, 1.165) is 18.7 Å². The molecule has 1 atom stereocenters. The van der Waals surface area contributed by atoms with Gasteiger partial charge in [-0.05, 0) is 49.9 Å². The van der Waals surface area contributed by atoms with Gasteiger partial charge in [-0.15, -0.1) is 11.3 Å². The SMILES string of the molecule is CCNC(c1cc(C)ccc1OCC)c1sccc1CC. The van der Waals surface area contributed by atoms with Gasteiger partial charge in [-0.2, -0.15) is 0 Å². The lowest BCUT2D eigenvalue weighted by Crippen LogP contribution is -2.23. The minimum absolute atomic E-state index is 0.214. The molecular formula is C18H25NOS. The van der Waals surface area contributed by atoms with Gasteiger partial charge in [0.2, 0.25) is 0 Å². The zero-order valence-corrected chi connectivity index (χ0v) is 14.2. The summed E-state index contributed by atoms with van der Waals surface area (Å²) in [5, 5.41) is 5.82. The molecule has 0 aliphatic heterocycles. The first-order chi connectivity index (χ1) is 10.2. The monoisotopic (exact) mass is 303 g/mol. The molecule has 0 bridgehead atoms. The molecule has 2 nitrogen and oxygen atoms in total. The molecule has 1 aromatic heterocycles. The summed E-state index contributed by atoms with van der Waals surface area (Å²) in [5.74, 6) is 0.990. The number of thiophene rings is 1. The van der Waals surface area contributed by atoms with Crippen molar-refractivity contribution in [2.24, 2.45) is 0 Å². The van der Waals surface area contributed by atoms with E-state index in [-0.39, 0.29) is 6.04 Å². The molecule has 0 aliphatic rings. The lowest BCUT2D eigenvalue weighted by molar-refractivity contribution is 0.333. The van der Waals surface area contributed by atoms with E-state index in [1.807, 2.05) is 18.3 Å². The van der Waals surface area contributed by atoms with E-state index in [9.17, 15) is 0 Å². The summed E-state index contributed by atoms with van der Waals surface area (Å²) >= 11 is 1.83. The van der Waals surface area contributed by atoms with Gasteiger partial charge >= 0.3 is 0 Å². The van der Waals surface area contributed by atoms with Gasteiger partial charge in [0.05, 0.1) is 12.6 Å². The van der Waals surface area contributed by atoms with E-state index in [4.69, 9.17) is 4.74 Å². The molecule has 0 saturated carbocycles. The maximum absolute atomic E-state index is 5.86. The lowest BCUT2D eigenvalue weighted by atomic mass is 9.98. The van der Waals surface area contributed by atoms with Gasteiger partial charge in [-0.25, -0.2) is 0 Å². The third-order valence-corrected chi connectivity index (χ3v) is 4.63. The Kier molecular flexibility index (Phi) is 5.83. The molecule has 3 heteroatoms. The Morgan fingerprint density at radius 1 is 1.19 bits per heavy atom. The molecule has 0 fully saturated rings. The van der Waals surface area contributed by atoms with Gasteiger partial charge in [0.15, 0.2) is 0 Å². The van der Waals surface area contributed by atoms with E-state index in [0.29, 0.717) is 6.61 Å². The predicted octanol–water partition coefficient (Wildman–Crippen LogP) is 4.72. The second kappa shape index (κ2) is 7.62. The smallest absolute Gasteiger partial charge is 0.124 e. The fourth-order valence-corrected chi connectivity index (χ4v) is 3.71. The summed E-state index contributed by atoms with van der Waals surface area (Å²) in [4.78, 5) is 1.41. The maximum Gasteiger partial charge on any atom is 0.124 e. The van der Waals surface area contributed by atoms with E-state index in [2.05, 4.69) is 55.7 Å². The molecule has 1 aromatic carbocycles. The van der Waals surface area contributed by atoms with Crippen LogP contribution in [0.1, 0.15) is 48.4 Å². The Labute approximate surface area is 132 Å². The summed E-state index contributed by atoms with van der Waals surface area (Å²) in [6, 6.07) is 8.91. The van der Waals surface area contributed by atoms with Crippen molar-refractivity contribution in [3.05, 3.63) is 51.2 Å². The van der Waals surface area contributed by atoms with Crippen LogP contribution < -0.4 is 10.1 Å². The highest BCUT2D eigenvalue weighted by molar-refractivity contribution is 7.10. The predicted molar refractivity (Wildman–Crippen MR) is 91.6 cm³/mol. The summed E-state index contributed by atoms with van der Waals surface area (Å²) in [6.07, 6.45) is 1.07. The zero-order valence-electron chi connectivity index (χ0n) is 13.4. The number of benzene rings is 1. The molecule has 21 heavy (non-hydrogen) atoms. The maximum atomic E-state index is 5.86. The van der Waals surface area contributed by atoms with Crippen molar-refractivity contribution >= 4 is 11.3 Å². The highest BCUT2D eigenvalue weighted by Gasteiger charge is 2.21. The highest BCUT2D eigenvalue weighted by Crippen LogP contribution is 2.35. The molecule has 2 aromatic rings. The van der Waals surface area contributed by atoms with Crippen LogP contribution in [0.3, 0.4) is 0 Å². The lowest BCUT2D eigenvalue weighted by Gasteiger charge is -2.22. The van der Waals surface area contributed by atoms with Crippen molar-refractivity contribution in [2.45, 2.75) is 40.2 Å². The second-order valence-electron chi connectivity index (χ2n) is 5.13. The molecule has 0 saturated heterocycles. The van der Waals surface area contributed by atoms with E-state index in [1.165, 1.54) is 21.6 Å². The van der Waals surface area contributed by atoms with E-state index >= 15 is 0 Å². The zero-order chi connectivity index (χ0) is 15.2. The Morgan fingerprint density at radius 3 is 2.67 bits per heavy atom. The molecule has 0 radical (unpaired) electrons. The van der Waals surface area contributed by atoms with Crippen LogP contribution in [0.4, 0.5) is 0 Å². The van der Waals surface area contributed by atoms with Gasteiger partial charge in [-0.1, -0.05) is 31.5 Å². The Balaban J connectivity index is 2.49. The first-order valence-corrected chi connectivity index (χ1v) is 8.62. The standard InChI is InChI=1S/C18H25NOS/c1-5-14-10-11-21-18(14)17(19-6-2)15-12-13(4)8-9-16(15)20-7-3/h8-12,17,19H,5-7H2,1-4H3. The fourth-order valence-electron chi connectivity index (χ4n) is 2.62. The summed E-state index contributed by atoms with van der Waals surface area (Å²) < 4.78 is 5.86. The topological polar surface area (TPSA) is 21.3 Å². The Morgan fingerprint density at radius 2 is 2.00 bits per heavy atom. The van der Waals surface area contributed by atoms with Crippen LogP contribution in [0.2, 0.25) is 0 Å². The molecule has 0 aliphatic carbocycles. The summed E-state index contributed by atoms with van der Waals surface area (Å²) in [7, 11) is 0. The Hall–Kier alpha value is -1.32. The molecular weight excluding hydrogens is 278 g/mol. The van der Waals surface area contributed by atoms with Crippen molar-refractivity contribution < 1.29 is 4.74 Å². The number of hydrogen-bond donors (Lipinski definition) is 1. The number of rotatable bonds is 7. The number of aryl methyl sites for hydroxylation is 2. The number of ether oxygens (including phenoxy) is 1. The Bertz CT molecular complexity index is 576. The second-order valence-corrected chi connectivity index (χ2v) is 6.08. The van der Waals surface area contributed by atoms with Crippen LogP contribution >= 0.6 is 11.3 Å². The minimum Gasteiger partial charge on any atom is -0.494 e. The van der Waals surface area contributed by atoms with Crippen molar-refractivity contribution in [3.8, 4) is 5.75 Å². The van der Waals surface area contributed by atoms with Crippen LogP contribution in [0.25, 0.3) is 0 Å². The van der Waals surface area contributed by atoms with Crippen LogP contribution in [0.15, 0.2) is 29.6 Å². The number of nitrogens with one attached hydrogen (secondary N) is 1. The fraction of sp³-hybridized carbons (Fsp3) is 0.444. The van der Waals surface area contributed by atoms with Crippen molar-refractivity contribution in [2.75, 3.05) is 13.2 Å². The molecule has 0 spiro atoms. The largest absolute Gasteiger partial charge is 0.494 e. The molecule has 0 amide bonds. The van der Waals surface area contributed by atoms with E-state index < -0.39 is 0 Å². The van der Waals surface area contributed by atoms with Crippen molar-refractivity contribution in [1.29, 1.82) is 0 Å². The van der Waals surface area contributed by atoms with Crippen molar-refractivity contribution in [3.63, 3.8) is 0 Å². The van der Waals surface area contributed by atoms with Gasteiger partial charge < -0.3 is 10.1 Å². The normalized spacial score (nSPS) is 12.4. The average Bonchev–Trinajstić information content (AvgIpc) is 2.95. The quantitative estimate of drug-likeness (QED) is 0.799. The first kappa shape index (κ1) is 16.1. The third-order valence-electron chi connectivity index (χ3n) is 3.61. The van der Waals surface area contributed by atoms with Crippen LogP contribution in [0, 0.1) is 6.92 Å². The van der Waals surface area contributed by atoms with Gasteiger partial charge in [-0.3, -0.25) is 0 Å². The van der Waals surface area contributed by atoms with Crippen LogP contribution in [-0.2, 0) is 6.42 Å². The molecule has 1 unspecified atom stereocenters. The minimum atomic E-state index is 0.214. The summed E-state index contributed by atoms with van der Waals surface area (Å²) in [6.45, 7) is 10.2. The van der Waals surface area contributed by atoms with Gasteiger partial charge in [0.25, 0.3) is 0 Å². The van der Waals surface area contributed by atoms with Gasteiger partial charge in [0.1, 0.15) is 5.75 Å². The highest BCUT2D eigenvalue weighted by atomic mass is 32.1. The van der Waals surface area contributed by atoms with Crippen LogP contribution in [0.5, 0.6) is 5.75 Å². The van der Waals surface area contributed by atoms with Crippen molar-refractivity contribution in [1.82, 2.24) is 5.32 Å².